The number of hydrogen-bond donors (Lipinski definition) is 1. The summed E-state index contributed by atoms with van der Waals surface area (Å²) in [6, 6.07) is 0. The molecule has 0 spiro atoms. The molecule has 1 saturated heterocycles. The summed E-state index contributed by atoms with van der Waals surface area (Å²) in [5.74, 6) is 0.846. The lowest BCUT2D eigenvalue weighted by Crippen LogP contribution is -2.31. The van der Waals surface area contributed by atoms with Crippen LogP contribution in [-0.4, -0.2) is 50.8 Å². The summed E-state index contributed by atoms with van der Waals surface area (Å²) in [5.41, 5.74) is 0. The second-order valence-corrected chi connectivity index (χ2v) is 4.27. The van der Waals surface area contributed by atoms with Gasteiger partial charge in [0.1, 0.15) is 0 Å². The lowest BCUT2D eigenvalue weighted by atomic mass is 10.1. The van der Waals surface area contributed by atoms with Gasteiger partial charge >= 0.3 is 0 Å². The Morgan fingerprint density at radius 2 is 2.36 bits per heavy atom. The fourth-order valence-corrected chi connectivity index (χ4v) is 2.03. The minimum absolute atomic E-state index is 0.368. The van der Waals surface area contributed by atoms with Crippen molar-refractivity contribution in [1.82, 2.24) is 10.2 Å². The zero-order chi connectivity index (χ0) is 10.4. The second kappa shape index (κ2) is 6.38. The lowest BCUT2D eigenvalue weighted by Gasteiger charge is -2.19. The van der Waals surface area contributed by atoms with E-state index in [0.29, 0.717) is 6.10 Å². The predicted octanol–water partition coefficient (Wildman–Crippen LogP) is 0.953. The number of rotatable bonds is 6. The highest BCUT2D eigenvalue weighted by Gasteiger charge is 2.22. The normalized spacial score (nSPS) is 25.5. The van der Waals surface area contributed by atoms with Crippen molar-refractivity contribution in [2.45, 2.75) is 26.4 Å². The Morgan fingerprint density at radius 3 is 3.00 bits per heavy atom. The molecule has 1 rings (SSSR count). The molecule has 1 fully saturated rings. The fourth-order valence-electron chi connectivity index (χ4n) is 2.03. The van der Waals surface area contributed by atoms with E-state index in [1.54, 1.807) is 7.11 Å². The van der Waals surface area contributed by atoms with Gasteiger partial charge in [-0.05, 0) is 38.9 Å². The standard InChI is InChI=1S/C11H24N2O/c1-4-12-7-11-5-6-13(9-11)8-10(2)14-3/h10-12H,4-9H2,1-3H3. The maximum atomic E-state index is 5.27. The molecule has 14 heavy (non-hydrogen) atoms. The maximum Gasteiger partial charge on any atom is 0.0670 e. The van der Waals surface area contributed by atoms with Crippen molar-refractivity contribution < 1.29 is 4.74 Å². The molecule has 3 nitrogen and oxygen atoms in total. The summed E-state index contributed by atoms with van der Waals surface area (Å²) < 4.78 is 5.27. The van der Waals surface area contributed by atoms with Crippen LogP contribution in [0.4, 0.5) is 0 Å². The van der Waals surface area contributed by atoms with Crippen LogP contribution in [0.25, 0.3) is 0 Å². The van der Waals surface area contributed by atoms with Gasteiger partial charge in [0.05, 0.1) is 6.10 Å². The van der Waals surface area contributed by atoms with Gasteiger partial charge in [-0.2, -0.15) is 0 Å². The first-order valence-corrected chi connectivity index (χ1v) is 5.72. The minimum atomic E-state index is 0.368. The first-order chi connectivity index (χ1) is 6.76. The molecule has 0 aromatic carbocycles. The maximum absolute atomic E-state index is 5.27. The van der Waals surface area contributed by atoms with Crippen molar-refractivity contribution >= 4 is 0 Å². The first kappa shape index (κ1) is 12.0. The quantitative estimate of drug-likeness (QED) is 0.691. The summed E-state index contributed by atoms with van der Waals surface area (Å²) in [7, 11) is 1.79. The van der Waals surface area contributed by atoms with Crippen LogP contribution in [-0.2, 0) is 4.74 Å². The van der Waals surface area contributed by atoms with Gasteiger partial charge in [0.2, 0.25) is 0 Å². The van der Waals surface area contributed by atoms with Crippen molar-refractivity contribution in [3.05, 3.63) is 0 Å². The summed E-state index contributed by atoms with van der Waals surface area (Å²) in [6.45, 7) is 10.1. The number of ether oxygens (including phenoxy) is 1. The van der Waals surface area contributed by atoms with Gasteiger partial charge in [-0.3, -0.25) is 0 Å². The Hall–Kier alpha value is -0.120. The Morgan fingerprint density at radius 1 is 1.57 bits per heavy atom. The van der Waals surface area contributed by atoms with Crippen LogP contribution in [0.15, 0.2) is 0 Å². The molecule has 0 amide bonds. The summed E-state index contributed by atoms with van der Waals surface area (Å²) in [4.78, 5) is 2.51. The third-order valence-corrected chi connectivity index (χ3v) is 2.97. The molecule has 0 aliphatic carbocycles. The predicted molar refractivity (Wildman–Crippen MR) is 59.6 cm³/mol. The zero-order valence-electron chi connectivity index (χ0n) is 9.75. The Bertz CT molecular complexity index is 152. The van der Waals surface area contributed by atoms with E-state index in [-0.39, 0.29) is 0 Å². The summed E-state index contributed by atoms with van der Waals surface area (Å²) in [6.07, 6.45) is 1.71. The topological polar surface area (TPSA) is 24.5 Å². The number of hydrogen-bond acceptors (Lipinski definition) is 3. The fraction of sp³-hybridized carbons (Fsp3) is 1.00. The molecule has 1 aliphatic rings. The average Bonchev–Trinajstić information content (AvgIpc) is 2.62. The summed E-state index contributed by atoms with van der Waals surface area (Å²) in [5, 5.41) is 3.42. The average molecular weight is 200 g/mol. The first-order valence-electron chi connectivity index (χ1n) is 5.72. The van der Waals surface area contributed by atoms with E-state index < -0.39 is 0 Å². The second-order valence-electron chi connectivity index (χ2n) is 4.27. The van der Waals surface area contributed by atoms with Crippen LogP contribution in [0.1, 0.15) is 20.3 Å². The smallest absolute Gasteiger partial charge is 0.0670 e. The van der Waals surface area contributed by atoms with Gasteiger partial charge in [-0.1, -0.05) is 6.92 Å². The van der Waals surface area contributed by atoms with E-state index >= 15 is 0 Å². The highest BCUT2D eigenvalue weighted by molar-refractivity contribution is 4.78. The van der Waals surface area contributed by atoms with Gasteiger partial charge in [0.15, 0.2) is 0 Å². The van der Waals surface area contributed by atoms with Gasteiger partial charge in [-0.25, -0.2) is 0 Å². The molecule has 0 aromatic heterocycles. The lowest BCUT2D eigenvalue weighted by molar-refractivity contribution is 0.0840. The Labute approximate surface area is 87.8 Å². The summed E-state index contributed by atoms with van der Waals surface area (Å²) >= 11 is 0. The molecule has 3 heteroatoms. The largest absolute Gasteiger partial charge is 0.380 e. The van der Waals surface area contributed by atoms with Crippen molar-refractivity contribution in [2.24, 2.45) is 5.92 Å². The molecule has 1 N–H and O–H groups in total. The van der Waals surface area contributed by atoms with E-state index in [2.05, 4.69) is 24.1 Å². The number of likely N-dealkylation sites (tertiary alicyclic amines) is 1. The Kier molecular flexibility index (Phi) is 5.45. The van der Waals surface area contributed by atoms with Crippen LogP contribution in [0.2, 0.25) is 0 Å². The van der Waals surface area contributed by atoms with E-state index in [1.165, 1.54) is 26.1 Å². The van der Waals surface area contributed by atoms with Crippen molar-refractivity contribution in [3.63, 3.8) is 0 Å². The van der Waals surface area contributed by atoms with Crippen molar-refractivity contribution in [1.29, 1.82) is 0 Å². The molecule has 2 atom stereocenters. The van der Waals surface area contributed by atoms with Gasteiger partial charge in [0, 0.05) is 20.2 Å². The van der Waals surface area contributed by atoms with Gasteiger partial charge in [0.25, 0.3) is 0 Å². The molecule has 0 radical (unpaired) electrons. The number of nitrogens with zero attached hydrogens (tertiary/aromatic N) is 1. The van der Waals surface area contributed by atoms with Crippen molar-refractivity contribution in [2.75, 3.05) is 39.8 Å². The molecule has 1 aliphatic heterocycles. The third kappa shape index (κ3) is 3.95. The van der Waals surface area contributed by atoms with Crippen molar-refractivity contribution in [3.8, 4) is 0 Å². The Balaban J connectivity index is 2.13. The minimum Gasteiger partial charge on any atom is -0.380 e. The van der Waals surface area contributed by atoms with Gasteiger partial charge in [-0.15, -0.1) is 0 Å². The molecule has 84 valence electrons. The molecule has 2 unspecified atom stereocenters. The monoisotopic (exact) mass is 200 g/mol. The third-order valence-electron chi connectivity index (χ3n) is 2.97. The van der Waals surface area contributed by atoms with E-state index in [1.807, 2.05) is 0 Å². The van der Waals surface area contributed by atoms with Crippen LogP contribution in [0, 0.1) is 5.92 Å². The molecule has 0 bridgehead atoms. The SMILES string of the molecule is CCNCC1CCN(CC(C)OC)C1. The molecule has 0 saturated carbocycles. The highest BCUT2D eigenvalue weighted by Crippen LogP contribution is 2.15. The number of nitrogens with one attached hydrogen (secondary N) is 1. The zero-order valence-corrected chi connectivity index (χ0v) is 9.75. The van der Waals surface area contributed by atoms with Crippen LogP contribution in [0.5, 0.6) is 0 Å². The number of methoxy groups -OCH3 is 1. The molecular weight excluding hydrogens is 176 g/mol. The van der Waals surface area contributed by atoms with Gasteiger partial charge < -0.3 is 15.0 Å². The van der Waals surface area contributed by atoms with Crippen LogP contribution in [0.3, 0.4) is 0 Å². The van der Waals surface area contributed by atoms with Crippen LogP contribution >= 0.6 is 0 Å². The van der Waals surface area contributed by atoms with E-state index in [0.717, 1.165) is 19.0 Å². The molecular formula is C11H24N2O. The van der Waals surface area contributed by atoms with E-state index in [4.69, 9.17) is 4.74 Å². The highest BCUT2D eigenvalue weighted by atomic mass is 16.5. The van der Waals surface area contributed by atoms with Crippen LogP contribution < -0.4 is 5.32 Å². The molecule has 0 aromatic rings. The molecule has 1 heterocycles. The van der Waals surface area contributed by atoms with E-state index in [9.17, 15) is 0 Å².